The number of aliphatic hydroxyl groups excluding tert-OH is 1. The summed E-state index contributed by atoms with van der Waals surface area (Å²) in [5.41, 5.74) is 0. The molecule has 3 unspecified atom stereocenters. The Morgan fingerprint density at radius 1 is 1.46 bits per heavy atom. The molecule has 1 aromatic rings. The zero-order valence-corrected chi connectivity index (χ0v) is 7.93. The van der Waals surface area contributed by atoms with Gasteiger partial charge in [0.15, 0.2) is 0 Å². The number of nitrogens with zero attached hydrogens (tertiary/aromatic N) is 2. The molecule has 3 heteroatoms. The van der Waals surface area contributed by atoms with Crippen molar-refractivity contribution in [2.24, 2.45) is 5.92 Å². The van der Waals surface area contributed by atoms with E-state index in [-0.39, 0.29) is 6.10 Å². The van der Waals surface area contributed by atoms with Crippen LogP contribution in [0.25, 0.3) is 0 Å². The number of hydrogen-bond donors (Lipinski definition) is 1. The Labute approximate surface area is 78.4 Å². The predicted molar refractivity (Wildman–Crippen MR) is 50.3 cm³/mol. The van der Waals surface area contributed by atoms with Gasteiger partial charge in [-0.05, 0) is 31.2 Å². The van der Waals surface area contributed by atoms with Crippen LogP contribution in [0.2, 0.25) is 0 Å². The van der Waals surface area contributed by atoms with Gasteiger partial charge in [-0.15, -0.1) is 0 Å². The molecule has 0 spiro atoms. The first kappa shape index (κ1) is 8.75. The fourth-order valence-electron chi connectivity index (χ4n) is 2.12. The molecule has 0 saturated heterocycles. The topological polar surface area (TPSA) is 38.0 Å². The highest BCUT2D eigenvalue weighted by Gasteiger charge is 2.27. The molecule has 1 N–H and O–H groups in total. The summed E-state index contributed by atoms with van der Waals surface area (Å²) in [4.78, 5) is 0. The van der Waals surface area contributed by atoms with Crippen molar-refractivity contribution < 1.29 is 5.11 Å². The lowest BCUT2D eigenvalue weighted by molar-refractivity contribution is 0.0735. The van der Waals surface area contributed by atoms with Gasteiger partial charge in [0, 0.05) is 12.4 Å². The van der Waals surface area contributed by atoms with Crippen LogP contribution < -0.4 is 0 Å². The molecule has 0 aromatic carbocycles. The molecule has 1 aliphatic rings. The first-order valence-corrected chi connectivity index (χ1v) is 4.94. The maximum Gasteiger partial charge on any atom is 0.0569 e. The average molecular weight is 180 g/mol. The first-order valence-electron chi connectivity index (χ1n) is 4.94. The van der Waals surface area contributed by atoms with Crippen LogP contribution in [0.5, 0.6) is 0 Å². The molecule has 0 radical (unpaired) electrons. The molecule has 1 fully saturated rings. The fourth-order valence-corrected chi connectivity index (χ4v) is 2.12. The van der Waals surface area contributed by atoms with Crippen LogP contribution in [-0.4, -0.2) is 21.0 Å². The summed E-state index contributed by atoms with van der Waals surface area (Å²) in [6.07, 6.45) is 6.55. The van der Waals surface area contributed by atoms with Crippen LogP contribution in [0.1, 0.15) is 32.2 Å². The zero-order valence-electron chi connectivity index (χ0n) is 7.93. The molecule has 0 aliphatic heterocycles. The van der Waals surface area contributed by atoms with Gasteiger partial charge in [-0.25, -0.2) is 0 Å². The van der Waals surface area contributed by atoms with E-state index in [2.05, 4.69) is 12.0 Å². The van der Waals surface area contributed by atoms with Gasteiger partial charge in [0.2, 0.25) is 0 Å². The highest BCUT2D eigenvalue weighted by Crippen LogP contribution is 2.32. The Bertz CT molecular complexity index is 258. The van der Waals surface area contributed by atoms with E-state index in [4.69, 9.17) is 0 Å². The van der Waals surface area contributed by atoms with E-state index < -0.39 is 0 Å². The summed E-state index contributed by atoms with van der Waals surface area (Å²) in [6.45, 7) is 2.23. The molecular formula is C10H16N2O. The molecule has 2 rings (SSSR count). The van der Waals surface area contributed by atoms with E-state index >= 15 is 0 Å². The molecule has 1 aliphatic carbocycles. The maximum absolute atomic E-state index is 9.56. The van der Waals surface area contributed by atoms with E-state index in [0.717, 1.165) is 19.3 Å². The second kappa shape index (κ2) is 3.50. The lowest BCUT2D eigenvalue weighted by atomic mass is 9.84. The van der Waals surface area contributed by atoms with Crippen LogP contribution in [0.15, 0.2) is 18.5 Å². The Balaban J connectivity index is 2.12. The third-order valence-corrected chi connectivity index (χ3v) is 2.99. The normalized spacial score (nSPS) is 34.8. The summed E-state index contributed by atoms with van der Waals surface area (Å²) in [6, 6.07) is 2.33. The molecule has 3 atom stereocenters. The number of rotatable bonds is 1. The minimum Gasteiger partial charge on any atom is -0.393 e. The summed E-state index contributed by atoms with van der Waals surface area (Å²) in [5, 5.41) is 13.8. The second-order valence-corrected chi connectivity index (χ2v) is 4.00. The molecular weight excluding hydrogens is 164 g/mol. The molecule has 1 aromatic heterocycles. The summed E-state index contributed by atoms with van der Waals surface area (Å²) in [7, 11) is 0. The smallest absolute Gasteiger partial charge is 0.0569 e. The predicted octanol–water partition coefficient (Wildman–Crippen LogP) is 1.61. The Morgan fingerprint density at radius 3 is 3.00 bits per heavy atom. The van der Waals surface area contributed by atoms with Gasteiger partial charge in [-0.1, -0.05) is 6.92 Å². The van der Waals surface area contributed by atoms with Gasteiger partial charge in [0.25, 0.3) is 0 Å². The molecule has 1 heterocycles. The van der Waals surface area contributed by atoms with Crippen molar-refractivity contribution in [3.05, 3.63) is 18.5 Å². The number of aromatic nitrogens is 2. The van der Waals surface area contributed by atoms with Crippen LogP contribution in [0, 0.1) is 5.92 Å². The number of aliphatic hydroxyl groups is 1. The van der Waals surface area contributed by atoms with Crippen molar-refractivity contribution in [1.82, 2.24) is 9.78 Å². The van der Waals surface area contributed by atoms with Gasteiger partial charge in [-0.3, -0.25) is 4.68 Å². The van der Waals surface area contributed by atoms with Crippen LogP contribution in [-0.2, 0) is 0 Å². The van der Waals surface area contributed by atoms with Gasteiger partial charge >= 0.3 is 0 Å². The van der Waals surface area contributed by atoms with Crippen LogP contribution in [0.3, 0.4) is 0 Å². The highest BCUT2D eigenvalue weighted by atomic mass is 16.3. The Kier molecular flexibility index (Phi) is 2.36. The molecule has 0 bridgehead atoms. The van der Waals surface area contributed by atoms with Crippen LogP contribution >= 0.6 is 0 Å². The van der Waals surface area contributed by atoms with Gasteiger partial charge in [-0.2, -0.15) is 5.10 Å². The summed E-state index contributed by atoms with van der Waals surface area (Å²) >= 11 is 0. The first-order chi connectivity index (χ1) is 6.27. The second-order valence-electron chi connectivity index (χ2n) is 4.00. The van der Waals surface area contributed by atoms with Crippen molar-refractivity contribution in [2.45, 2.75) is 38.3 Å². The Hall–Kier alpha value is -0.830. The van der Waals surface area contributed by atoms with Crippen LogP contribution in [0.4, 0.5) is 0 Å². The van der Waals surface area contributed by atoms with Crippen molar-refractivity contribution in [3.63, 3.8) is 0 Å². The summed E-state index contributed by atoms with van der Waals surface area (Å²) in [5.74, 6) is 0.628. The molecule has 3 nitrogen and oxygen atoms in total. The SMILES string of the molecule is CC1CCC(O)CC1n1cccn1. The Morgan fingerprint density at radius 2 is 2.31 bits per heavy atom. The fraction of sp³-hybridized carbons (Fsp3) is 0.700. The molecule has 0 amide bonds. The molecule has 1 saturated carbocycles. The standard InChI is InChI=1S/C10H16N2O/c1-8-3-4-9(13)7-10(8)12-6-2-5-11-12/h2,5-6,8-10,13H,3-4,7H2,1H3. The zero-order chi connectivity index (χ0) is 9.26. The highest BCUT2D eigenvalue weighted by molar-refractivity contribution is 4.87. The maximum atomic E-state index is 9.56. The van der Waals surface area contributed by atoms with E-state index in [0.29, 0.717) is 12.0 Å². The lowest BCUT2D eigenvalue weighted by Gasteiger charge is -2.31. The quantitative estimate of drug-likeness (QED) is 0.713. The average Bonchev–Trinajstić information content (AvgIpc) is 2.61. The third kappa shape index (κ3) is 1.75. The van der Waals surface area contributed by atoms with Gasteiger partial charge < -0.3 is 5.11 Å². The van der Waals surface area contributed by atoms with Crippen molar-refractivity contribution in [1.29, 1.82) is 0 Å². The van der Waals surface area contributed by atoms with Gasteiger partial charge in [0.1, 0.15) is 0 Å². The van der Waals surface area contributed by atoms with E-state index in [1.165, 1.54) is 0 Å². The molecule has 72 valence electrons. The number of hydrogen-bond acceptors (Lipinski definition) is 2. The van der Waals surface area contributed by atoms with E-state index in [1.807, 2.05) is 16.9 Å². The van der Waals surface area contributed by atoms with Crippen molar-refractivity contribution >= 4 is 0 Å². The summed E-state index contributed by atoms with van der Waals surface area (Å²) < 4.78 is 1.98. The van der Waals surface area contributed by atoms with E-state index in [9.17, 15) is 5.11 Å². The van der Waals surface area contributed by atoms with Crippen molar-refractivity contribution in [2.75, 3.05) is 0 Å². The minimum absolute atomic E-state index is 0.134. The van der Waals surface area contributed by atoms with E-state index in [1.54, 1.807) is 6.20 Å². The monoisotopic (exact) mass is 180 g/mol. The molecule has 13 heavy (non-hydrogen) atoms. The minimum atomic E-state index is -0.134. The van der Waals surface area contributed by atoms with Gasteiger partial charge in [0.05, 0.1) is 12.1 Å². The van der Waals surface area contributed by atoms with Crippen molar-refractivity contribution in [3.8, 4) is 0 Å². The lowest BCUT2D eigenvalue weighted by Crippen LogP contribution is -2.28. The third-order valence-electron chi connectivity index (χ3n) is 2.99. The largest absolute Gasteiger partial charge is 0.393 e.